The number of nitrogens with one attached hydrogen (secondary N) is 1. The topological polar surface area (TPSA) is 81.1 Å². The summed E-state index contributed by atoms with van der Waals surface area (Å²) in [7, 11) is 0. The van der Waals surface area contributed by atoms with Gasteiger partial charge in [-0.05, 0) is 6.42 Å². The third-order valence-electron chi connectivity index (χ3n) is 1.46. The maximum atomic E-state index is 10.7. The third kappa shape index (κ3) is 6.45. The van der Waals surface area contributed by atoms with E-state index in [1.807, 2.05) is 0 Å². The molecule has 0 rings (SSSR count). The van der Waals surface area contributed by atoms with E-state index in [1.54, 1.807) is 11.8 Å². The Morgan fingerprint density at radius 1 is 1.67 bits per heavy atom. The van der Waals surface area contributed by atoms with Crippen molar-refractivity contribution in [3.63, 3.8) is 0 Å². The first kappa shape index (κ1) is 11.7. The van der Waals surface area contributed by atoms with Crippen molar-refractivity contribution < 1.29 is 4.79 Å². The van der Waals surface area contributed by atoms with Crippen molar-refractivity contribution >= 4 is 17.7 Å². The first-order valence-electron chi connectivity index (χ1n) is 4.01. The van der Waals surface area contributed by atoms with Crippen LogP contribution in [-0.4, -0.2) is 23.5 Å². The van der Waals surface area contributed by atoms with Crippen LogP contribution in [0.5, 0.6) is 0 Å². The van der Waals surface area contributed by atoms with E-state index in [2.05, 4.69) is 12.3 Å². The van der Waals surface area contributed by atoms with E-state index in [-0.39, 0.29) is 5.91 Å². The maximum Gasteiger partial charge on any atom is 0.233 e. The van der Waals surface area contributed by atoms with Gasteiger partial charge in [0, 0.05) is 24.0 Å². The summed E-state index contributed by atoms with van der Waals surface area (Å²) < 4.78 is 0. The number of hydrazine groups is 1. The molecule has 0 aliphatic carbocycles. The second-order valence-corrected chi connectivity index (χ2v) is 4.12. The van der Waals surface area contributed by atoms with Crippen molar-refractivity contribution in [2.45, 2.75) is 25.0 Å². The summed E-state index contributed by atoms with van der Waals surface area (Å²) in [6.45, 7) is 2.78. The summed E-state index contributed by atoms with van der Waals surface area (Å²) >= 11 is 1.78. The summed E-state index contributed by atoms with van der Waals surface area (Å²) in [4.78, 5) is 10.7. The van der Waals surface area contributed by atoms with Crippen LogP contribution in [0.15, 0.2) is 0 Å². The van der Waals surface area contributed by atoms with Crippen LogP contribution >= 0.6 is 11.8 Å². The fourth-order valence-corrected chi connectivity index (χ4v) is 1.58. The number of rotatable bonds is 6. The number of carbonyl (C=O) groups is 1. The Balaban J connectivity index is 3.30. The zero-order chi connectivity index (χ0) is 9.40. The molecule has 0 aliphatic rings. The Bertz CT molecular complexity index is 132. The van der Waals surface area contributed by atoms with Crippen molar-refractivity contribution in [2.75, 3.05) is 12.3 Å². The van der Waals surface area contributed by atoms with Gasteiger partial charge in [-0.2, -0.15) is 11.8 Å². The zero-order valence-electron chi connectivity index (χ0n) is 7.38. The molecule has 4 nitrogen and oxygen atoms in total. The first-order valence-corrected chi connectivity index (χ1v) is 5.06. The second-order valence-electron chi connectivity index (χ2n) is 2.58. The molecule has 0 saturated carbocycles. The zero-order valence-corrected chi connectivity index (χ0v) is 8.19. The number of thioether (sulfide) groups is 1. The van der Waals surface area contributed by atoms with Crippen LogP contribution < -0.4 is 17.0 Å². The van der Waals surface area contributed by atoms with Crippen molar-refractivity contribution in [2.24, 2.45) is 11.6 Å². The van der Waals surface area contributed by atoms with Gasteiger partial charge in [0.25, 0.3) is 0 Å². The number of nitrogens with two attached hydrogens (primary N) is 2. The molecule has 0 saturated heterocycles. The molecule has 0 aliphatic heterocycles. The largest absolute Gasteiger partial charge is 0.330 e. The van der Waals surface area contributed by atoms with Gasteiger partial charge < -0.3 is 5.73 Å². The van der Waals surface area contributed by atoms with Crippen LogP contribution in [0.1, 0.15) is 19.8 Å². The van der Waals surface area contributed by atoms with Gasteiger partial charge in [0.2, 0.25) is 5.91 Å². The summed E-state index contributed by atoms with van der Waals surface area (Å²) in [5.74, 6) is 5.78. The minimum Gasteiger partial charge on any atom is -0.330 e. The number of amides is 1. The SMILES string of the molecule is CC(CCC(=O)NN)SCCN. The van der Waals surface area contributed by atoms with E-state index in [0.29, 0.717) is 18.2 Å². The molecule has 0 bridgehead atoms. The Hall–Kier alpha value is -0.260. The highest BCUT2D eigenvalue weighted by atomic mass is 32.2. The maximum absolute atomic E-state index is 10.7. The normalized spacial score (nSPS) is 12.6. The molecular formula is C7H17N3OS. The number of carbonyl (C=O) groups excluding carboxylic acids is 1. The number of hydrogen-bond acceptors (Lipinski definition) is 4. The van der Waals surface area contributed by atoms with Gasteiger partial charge in [-0.1, -0.05) is 6.92 Å². The van der Waals surface area contributed by atoms with Gasteiger partial charge in [-0.25, -0.2) is 5.84 Å². The van der Waals surface area contributed by atoms with Crippen LogP contribution in [-0.2, 0) is 4.79 Å². The van der Waals surface area contributed by atoms with E-state index < -0.39 is 0 Å². The lowest BCUT2D eigenvalue weighted by Gasteiger charge is -2.08. The molecule has 0 radical (unpaired) electrons. The predicted molar refractivity (Wildman–Crippen MR) is 52.5 cm³/mol. The quantitative estimate of drug-likeness (QED) is 0.309. The van der Waals surface area contributed by atoms with E-state index in [4.69, 9.17) is 11.6 Å². The molecule has 5 heteroatoms. The minimum atomic E-state index is -0.102. The van der Waals surface area contributed by atoms with Crippen LogP contribution in [0.2, 0.25) is 0 Å². The molecule has 0 spiro atoms. The van der Waals surface area contributed by atoms with Crippen LogP contribution in [0.25, 0.3) is 0 Å². The second kappa shape index (κ2) is 7.39. The van der Waals surface area contributed by atoms with Gasteiger partial charge >= 0.3 is 0 Å². The summed E-state index contributed by atoms with van der Waals surface area (Å²) in [5, 5.41) is 0.478. The molecule has 1 amide bonds. The molecule has 0 aromatic heterocycles. The van der Waals surface area contributed by atoms with Crippen LogP contribution in [0.3, 0.4) is 0 Å². The Kier molecular flexibility index (Phi) is 7.23. The molecule has 72 valence electrons. The summed E-state index contributed by atoms with van der Waals surface area (Å²) in [6.07, 6.45) is 1.35. The van der Waals surface area contributed by atoms with E-state index in [1.165, 1.54) is 0 Å². The Morgan fingerprint density at radius 2 is 2.33 bits per heavy atom. The monoisotopic (exact) mass is 191 g/mol. The standard InChI is InChI=1S/C7H17N3OS/c1-6(12-5-4-8)2-3-7(11)10-9/h6H,2-5,8-9H2,1H3,(H,10,11). The molecule has 1 unspecified atom stereocenters. The molecule has 0 heterocycles. The van der Waals surface area contributed by atoms with Gasteiger partial charge in [0.05, 0.1) is 0 Å². The van der Waals surface area contributed by atoms with Crippen LogP contribution in [0.4, 0.5) is 0 Å². The molecular weight excluding hydrogens is 174 g/mol. The van der Waals surface area contributed by atoms with E-state index in [0.717, 1.165) is 12.2 Å². The van der Waals surface area contributed by atoms with Crippen molar-refractivity contribution in [1.82, 2.24) is 5.43 Å². The van der Waals surface area contributed by atoms with Gasteiger partial charge in [0.1, 0.15) is 0 Å². The fourth-order valence-electron chi connectivity index (χ4n) is 0.759. The summed E-state index contributed by atoms with van der Waals surface area (Å²) in [6, 6.07) is 0. The molecule has 5 N–H and O–H groups in total. The Labute approximate surface area is 77.4 Å². The molecule has 12 heavy (non-hydrogen) atoms. The Morgan fingerprint density at radius 3 is 2.83 bits per heavy atom. The summed E-state index contributed by atoms with van der Waals surface area (Å²) in [5.41, 5.74) is 7.44. The lowest BCUT2D eigenvalue weighted by atomic mass is 10.2. The van der Waals surface area contributed by atoms with Crippen LogP contribution in [0, 0.1) is 0 Å². The van der Waals surface area contributed by atoms with Gasteiger partial charge in [0.15, 0.2) is 0 Å². The minimum absolute atomic E-state index is 0.102. The van der Waals surface area contributed by atoms with Gasteiger partial charge in [-0.15, -0.1) is 0 Å². The average molecular weight is 191 g/mol. The highest BCUT2D eigenvalue weighted by Gasteiger charge is 2.04. The predicted octanol–water partition coefficient (Wildman–Crippen LogP) is -0.163. The first-order chi connectivity index (χ1) is 5.70. The van der Waals surface area contributed by atoms with Crippen molar-refractivity contribution in [3.05, 3.63) is 0 Å². The third-order valence-corrected chi connectivity index (χ3v) is 2.74. The molecule has 0 fully saturated rings. The molecule has 0 aromatic rings. The fraction of sp³-hybridized carbons (Fsp3) is 0.857. The number of hydrogen-bond donors (Lipinski definition) is 3. The van der Waals surface area contributed by atoms with E-state index >= 15 is 0 Å². The average Bonchev–Trinajstić information content (AvgIpc) is 2.10. The lowest BCUT2D eigenvalue weighted by molar-refractivity contribution is -0.121. The molecule has 0 aromatic carbocycles. The smallest absolute Gasteiger partial charge is 0.233 e. The van der Waals surface area contributed by atoms with E-state index in [9.17, 15) is 4.79 Å². The van der Waals surface area contributed by atoms with Crippen molar-refractivity contribution in [3.8, 4) is 0 Å². The molecule has 1 atom stereocenters. The highest BCUT2D eigenvalue weighted by molar-refractivity contribution is 7.99. The highest BCUT2D eigenvalue weighted by Crippen LogP contribution is 2.14. The van der Waals surface area contributed by atoms with Crippen molar-refractivity contribution in [1.29, 1.82) is 0 Å². The lowest BCUT2D eigenvalue weighted by Crippen LogP contribution is -2.30. The van der Waals surface area contributed by atoms with Gasteiger partial charge in [-0.3, -0.25) is 10.2 Å².